The minimum absolute atomic E-state index is 0.0601. The van der Waals surface area contributed by atoms with Crippen LogP contribution in [-0.2, 0) is 10.2 Å². The smallest absolute Gasteiger partial charge is 0.220 e. The van der Waals surface area contributed by atoms with E-state index in [0.717, 1.165) is 36.2 Å². The summed E-state index contributed by atoms with van der Waals surface area (Å²) in [4.78, 5) is 17.9. The van der Waals surface area contributed by atoms with Gasteiger partial charge in [0.1, 0.15) is 5.82 Å². The van der Waals surface area contributed by atoms with Gasteiger partial charge in [0.05, 0.1) is 6.04 Å². The number of nitrogens with one attached hydrogen (secondary N) is 1. The Hall–Kier alpha value is -2.62. The highest BCUT2D eigenvalue weighted by Gasteiger charge is 2.54. The van der Waals surface area contributed by atoms with Crippen molar-refractivity contribution in [2.75, 3.05) is 6.54 Å². The van der Waals surface area contributed by atoms with Crippen LogP contribution in [0.5, 0.6) is 0 Å². The summed E-state index contributed by atoms with van der Waals surface area (Å²) in [5.41, 5.74) is 4.58. The third-order valence-electron chi connectivity index (χ3n) is 5.77. The summed E-state index contributed by atoms with van der Waals surface area (Å²) in [5, 5.41) is 1.25. The van der Waals surface area contributed by atoms with Crippen LogP contribution in [0.15, 0.2) is 48.5 Å². The Bertz CT molecular complexity index is 985. The molecule has 25 heavy (non-hydrogen) atoms. The van der Waals surface area contributed by atoms with Crippen molar-refractivity contribution in [3.05, 3.63) is 71.2 Å². The van der Waals surface area contributed by atoms with Crippen molar-refractivity contribution in [1.29, 1.82) is 0 Å². The van der Waals surface area contributed by atoms with E-state index in [2.05, 4.69) is 23.2 Å². The lowest BCUT2D eigenvalue weighted by atomic mass is 9.83. The fraction of sp³-hybridized carbons (Fsp3) is 0.286. The molecule has 1 spiro atoms. The van der Waals surface area contributed by atoms with Crippen molar-refractivity contribution in [1.82, 2.24) is 9.88 Å². The van der Waals surface area contributed by atoms with Gasteiger partial charge >= 0.3 is 0 Å². The van der Waals surface area contributed by atoms with Crippen molar-refractivity contribution in [3.63, 3.8) is 0 Å². The normalized spacial score (nSPS) is 20.7. The summed E-state index contributed by atoms with van der Waals surface area (Å²) in [6, 6.07) is 14.7. The molecule has 126 valence electrons. The number of hydrogen-bond acceptors (Lipinski definition) is 1. The quantitative estimate of drug-likeness (QED) is 0.708. The van der Waals surface area contributed by atoms with Crippen LogP contribution in [0.3, 0.4) is 0 Å². The first-order chi connectivity index (χ1) is 12.1. The van der Waals surface area contributed by atoms with Gasteiger partial charge in [0, 0.05) is 35.5 Å². The minimum atomic E-state index is -0.260. The summed E-state index contributed by atoms with van der Waals surface area (Å²) in [6.07, 6.45) is 2.23. The topological polar surface area (TPSA) is 36.1 Å². The largest absolute Gasteiger partial charge is 0.356 e. The van der Waals surface area contributed by atoms with Crippen molar-refractivity contribution in [3.8, 4) is 0 Å². The molecule has 0 saturated heterocycles. The molecule has 1 aromatic heterocycles. The third-order valence-corrected chi connectivity index (χ3v) is 5.77. The van der Waals surface area contributed by atoms with Gasteiger partial charge in [-0.3, -0.25) is 4.79 Å². The first-order valence-electron chi connectivity index (χ1n) is 8.73. The van der Waals surface area contributed by atoms with Gasteiger partial charge in [-0.25, -0.2) is 4.39 Å². The van der Waals surface area contributed by atoms with E-state index >= 15 is 0 Å². The highest BCUT2D eigenvalue weighted by atomic mass is 19.1. The Kier molecular flexibility index (Phi) is 2.91. The lowest BCUT2D eigenvalue weighted by Gasteiger charge is -2.40. The number of carbonyl (C=O) groups excluding carboxylic acids is 1. The van der Waals surface area contributed by atoms with Crippen LogP contribution in [0.1, 0.15) is 42.6 Å². The summed E-state index contributed by atoms with van der Waals surface area (Å²) < 4.78 is 13.4. The van der Waals surface area contributed by atoms with Gasteiger partial charge in [0.15, 0.2) is 0 Å². The van der Waals surface area contributed by atoms with E-state index in [0.29, 0.717) is 0 Å². The lowest BCUT2D eigenvalue weighted by molar-refractivity contribution is -0.131. The molecule has 5 rings (SSSR count). The zero-order valence-electron chi connectivity index (χ0n) is 14.1. The fourth-order valence-corrected chi connectivity index (χ4v) is 4.44. The number of benzene rings is 2. The van der Waals surface area contributed by atoms with E-state index in [1.54, 1.807) is 19.1 Å². The van der Waals surface area contributed by atoms with Crippen molar-refractivity contribution < 1.29 is 9.18 Å². The monoisotopic (exact) mass is 334 g/mol. The average molecular weight is 334 g/mol. The zero-order valence-corrected chi connectivity index (χ0v) is 14.1. The number of para-hydroxylation sites is 1. The molecule has 1 amide bonds. The van der Waals surface area contributed by atoms with Gasteiger partial charge < -0.3 is 9.88 Å². The van der Waals surface area contributed by atoms with E-state index in [4.69, 9.17) is 0 Å². The summed E-state index contributed by atoms with van der Waals surface area (Å²) in [5.74, 6) is -0.200. The summed E-state index contributed by atoms with van der Waals surface area (Å²) >= 11 is 0. The molecule has 4 heteroatoms. The lowest BCUT2D eigenvalue weighted by Crippen LogP contribution is -2.44. The Morgan fingerprint density at radius 2 is 1.88 bits per heavy atom. The predicted octanol–water partition coefficient (Wildman–Crippen LogP) is 4.29. The van der Waals surface area contributed by atoms with Crippen molar-refractivity contribution in [2.45, 2.75) is 31.2 Å². The Labute approximate surface area is 145 Å². The molecule has 3 aromatic rings. The molecule has 1 atom stereocenters. The number of hydrogen-bond donors (Lipinski definition) is 1. The minimum Gasteiger partial charge on any atom is -0.356 e. The standard InChI is InChI=1S/C21H19FN2O/c1-13(25)24-12-21(10-11-21)18-16-4-2-3-5-17(16)23-19(18)20(24)14-6-8-15(22)9-7-14/h2-9,20,23H,10-12H2,1H3. The van der Waals surface area contributed by atoms with Crippen molar-refractivity contribution >= 4 is 16.8 Å². The maximum absolute atomic E-state index is 13.4. The highest BCUT2D eigenvalue weighted by molar-refractivity contribution is 5.88. The van der Waals surface area contributed by atoms with Gasteiger partial charge in [-0.15, -0.1) is 0 Å². The molecule has 2 aromatic carbocycles. The molecule has 0 bridgehead atoms. The van der Waals surface area contributed by atoms with Gasteiger partial charge in [-0.2, -0.15) is 0 Å². The van der Waals surface area contributed by atoms with Crippen LogP contribution in [0.25, 0.3) is 10.9 Å². The second-order valence-corrected chi connectivity index (χ2v) is 7.34. The van der Waals surface area contributed by atoms with Gasteiger partial charge in [-0.05, 0) is 42.2 Å². The highest BCUT2D eigenvalue weighted by Crippen LogP contribution is 2.57. The second-order valence-electron chi connectivity index (χ2n) is 7.34. The maximum Gasteiger partial charge on any atom is 0.220 e. The number of carbonyl (C=O) groups is 1. The molecule has 1 unspecified atom stereocenters. The van der Waals surface area contributed by atoms with E-state index in [9.17, 15) is 9.18 Å². The summed E-state index contributed by atoms with van der Waals surface area (Å²) in [6.45, 7) is 2.36. The number of H-pyrrole nitrogens is 1. The molecule has 1 aliphatic heterocycles. The molecule has 1 fully saturated rings. The molecule has 1 aliphatic carbocycles. The first kappa shape index (κ1) is 14.7. The number of nitrogens with zero attached hydrogens (tertiary/aromatic N) is 1. The fourth-order valence-electron chi connectivity index (χ4n) is 4.44. The Morgan fingerprint density at radius 3 is 2.56 bits per heavy atom. The third kappa shape index (κ3) is 2.06. The van der Waals surface area contributed by atoms with E-state index in [1.807, 2.05) is 11.0 Å². The summed E-state index contributed by atoms with van der Waals surface area (Å²) in [7, 11) is 0. The first-order valence-corrected chi connectivity index (χ1v) is 8.73. The van der Waals surface area contributed by atoms with E-state index < -0.39 is 0 Å². The molecular formula is C21H19FN2O. The maximum atomic E-state index is 13.4. The number of rotatable bonds is 1. The zero-order chi connectivity index (χ0) is 17.2. The van der Waals surface area contributed by atoms with Gasteiger partial charge in [0.25, 0.3) is 0 Å². The molecule has 1 N–H and O–H groups in total. The molecule has 2 heterocycles. The number of aromatic nitrogens is 1. The van der Waals surface area contributed by atoms with E-state index in [-0.39, 0.29) is 23.2 Å². The molecule has 2 aliphatic rings. The molecule has 3 nitrogen and oxygen atoms in total. The Balaban J connectivity index is 1.78. The van der Waals surface area contributed by atoms with Gasteiger partial charge in [-0.1, -0.05) is 30.3 Å². The number of amides is 1. The number of aromatic amines is 1. The Morgan fingerprint density at radius 1 is 1.16 bits per heavy atom. The van der Waals surface area contributed by atoms with Crippen LogP contribution in [0.4, 0.5) is 4.39 Å². The molecular weight excluding hydrogens is 315 g/mol. The SMILES string of the molecule is CC(=O)N1CC2(CC2)c2c([nH]c3ccccc23)C1c1ccc(F)cc1. The van der Waals surface area contributed by atoms with E-state index in [1.165, 1.54) is 23.1 Å². The van der Waals surface area contributed by atoms with Crippen LogP contribution >= 0.6 is 0 Å². The van der Waals surface area contributed by atoms with Crippen molar-refractivity contribution in [2.24, 2.45) is 0 Å². The second kappa shape index (κ2) is 4.94. The number of halogens is 1. The molecule has 0 radical (unpaired) electrons. The average Bonchev–Trinajstić information content (AvgIpc) is 3.25. The van der Waals surface area contributed by atoms with Crippen LogP contribution in [-0.4, -0.2) is 22.3 Å². The van der Waals surface area contributed by atoms with Gasteiger partial charge in [0.2, 0.25) is 5.91 Å². The van der Waals surface area contributed by atoms with Crippen LogP contribution < -0.4 is 0 Å². The van der Waals surface area contributed by atoms with Crippen LogP contribution in [0, 0.1) is 5.82 Å². The molecule has 1 saturated carbocycles. The number of fused-ring (bicyclic) bond motifs is 4. The van der Waals surface area contributed by atoms with Crippen LogP contribution in [0.2, 0.25) is 0 Å². The predicted molar refractivity (Wildman–Crippen MR) is 94.8 cm³/mol.